The van der Waals surface area contributed by atoms with E-state index in [9.17, 15) is 5.26 Å². The molecule has 20 heavy (non-hydrogen) atoms. The zero-order chi connectivity index (χ0) is 14.7. The van der Waals surface area contributed by atoms with Gasteiger partial charge in [0, 0.05) is 10.9 Å². The molecule has 0 aliphatic carbocycles. The van der Waals surface area contributed by atoms with Gasteiger partial charge in [-0.3, -0.25) is 4.57 Å². The van der Waals surface area contributed by atoms with E-state index in [0.717, 1.165) is 34.5 Å². The van der Waals surface area contributed by atoms with Crippen LogP contribution in [-0.2, 0) is 12.8 Å². The van der Waals surface area contributed by atoms with E-state index in [0.29, 0.717) is 11.4 Å². The van der Waals surface area contributed by atoms with E-state index in [1.165, 1.54) is 0 Å². The van der Waals surface area contributed by atoms with Gasteiger partial charge in [-0.15, -0.1) is 0 Å². The molecule has 0 aliphatic heterocycles. The van der Waals surface area contributed by atoms with Gasteiger partial charge in [-0.2, -0.15) is 5.26 Å². The lowest BCUT2D eigenvalue weighted by molar-refractivity contribution is 0.412. The minimum Gasteiger partial charge on any atom is -0.495 e. The van der Waals surface area contributed by atoms with Gasteiger partial charge in [0.15, 0.2) is 0 Å². The van der Waals surface area contributed by atoms with Crippen molar-refractivity contribution in [2.75, 3.05) is 7.11 Å². The molecular formula is C15H16BrN3O. The number of hydrogen-bond donors (Lipinski definition) is 0. The number of ether oxygens (including phenoxy) is 1. The number of imidazole rings is 1. The average molecular weight is 334 g/mol. The third-order valence-electron chi connectivity index (χ3n) is 3.16. The second kappa shape index (κ2) is 6.10. The monoisotopic (exact) mass is 333 g/mol. The molecule has 1 heterocycles. The first-order valence-electron chi connectivity index (χ1n) is 6.50. The van der Waals surface area contributed by atoms with Crippen LogP contribution in [0.4, 0.5) is 0 Å². The minimum atomic E-state index is 0.588. The number of aromatic nitrogens is 2. The van der Waals surface area contributed by atoms with Crippen molar-refractivity contribution in [3.05, 3.63) is 39.9 Å². The Morgan fingerprint density at radius 3 is 2.65 bits per heavy atom. The molecule has 0 unspecified atom stereocenters. The van der Waals surface area contributed by atoms with Gasteiger partial charge in [-0.25, -0.2) is 4.98 Å². The fourth-order valence-electron chi connectivity index (χ4n) is 2.21. The van der Waals surface area contributed by atoms with Crippen molar-refractivity contribution >= 4 is 15.9 Å². The van der Waals surface area contributed by atoms with Gasteiger partial charge in [0.1, 0.15) is 23.3 Å². The molecular weight excluding hydrogens is 318 g/mol. The van der Waals surface area contributed by atoms with Crippen LogP contribution in [0.25, 0.3) is 5.69 Å². The Morgan fingerprint density at radius 1 is 1.35 bits per heavy atom. The molecule has 0 saturated carbocycles. The summed E-state index contributed by atoms with van der Waals surface area (Å²) in [5, 5.41) is 9.46. The average Bonchev–Trinajstić information content (AvgIpc) is 2.84. The number of hydrogen-bond acceptors (Lipinski definition) is 3. The summed E-state index contributed by atoms with van der Waals surface area (Å²) in [4.78, 5) is 4.57. The van der Waals surface area contributed by atoms with Crippen molar-refractivity contribution in [3.8, 4) is 17.5 Å². The second-order valence-corrected chi connectivity index (χ2v) is 5.21. The Balaban J connectivity index is 2.75. The first kappa shape index (κ1) is 14.6. The molecule has 1 aromatic heterocycles. The summed E-state index contributed by atoms with van der Waals surface area (Å²) in [5.41, 5.74) is 2.26. The smallest absolute Gasteiger partial charge is 0.148 e. The molecule has 0 aliphatic rings. The van der Waals surface area contributed by atoms with Crippen molar-refractivity contribution < 1.29 is 4.74 Å². The van der Waals surface area contributed by atoms with Crippen LogP contribution < -0.4 is 4.74 Å². The zero-order valence-corrected chi connectivity index (χ0v) is 13.4. The highest BCUT2D eigenvalue weighted by atomic mass is 79.9. The molecule has 0 fully saturated rings. The third kappa shape index (κ3) is 2.44. The van der Waals surface area contributed by atoms with E-state index in [4.69, 9.17) is 4.74 Å². The maximum absolute atomic E-state index is 9.46. The molecule has 0 bridgehead atoms. The van der Waals surface area contributed by atoms with Gasteiger partial charge in [0.2, 0.25) is 0 Å². The van der Waals surface area contributed by atoms with E-state index >= 15 is 0 Å². The Hall–Kier alpha value is -1.80. The SMILES string of the molecule is CCc1nc(CC)n(-c2ccc(Br)cc2OC)c1C#N. The predicted octanol–water partition coefficient (Wildman–Crippen LogP) is 3.64. The van der Waals surface area contributed by atoms with Crippen LogP contribution in [0, 0.1) is 11.3 Å². The van der Waals surface area contributed by atoms with Crippen molar-refractivity contribution in [2.24, 2.45) is 0 Å². The Kier molecular flexibility index (Phi) is 4.46. The normalized spacial score (nSPS) is 10.3. The lowest BCUT2D eigenvalue weighted by Gasteiger charge is -2.13. The molecule has 0 amide bonds. The van der Waals surface area contributed by atoms with E-state index in [-0.39, 0.29) is 0 Å². The van der Waals surface area contributed by atoms with Crippen LogP contribution >= 0.6 is 15.9 Å². The summed E-state index contributed by atoms with van der Waals surface area (Å²) in [6.45, 7) is 4.04. The predicted molar refractivity (Wildman–Crippen MR) is 81.3 cm³/mol. The number of rotatable bonds is 4. The van der Waals surface area contributed by atoms with Gasteiger partial charge in [0.05, 0.1) is 18.5 Å². The zero-order valence-electron chi connectivity index (χ0n) is 11.8. The van der Waals surface area contributed by atoms with E-state index in [1.54, 1.807) is 7.11 Å². The largest absolute Gasteiger partial charge is 0.495 e. The van der Waals surface area contributed by atoms with Crippen LogP contribution in [0.5, 0.6) is 5.75 Å². The van der Waals surface area contributed by atoms with Crippen LogP contribution in [-0.4, -0.2) is 16.7 Å². The first-order valence-corrected chi connectivity index (χ1v) is 7.30. The molecule has 4 nitrogen and oxygen atoms in total. The highest BCUT2D eigenvalue weighted by Crippen LogP contribution is 2.30. The van der Waals surface area contributed by atoms with Gasteiger partial charge in [0.25, 0.3) is 0 Å². The summed E-state index contributed by atoms with van der Waals surface area (Å²) in [6.07, 6.45) is 1.50. The molecule has 2 rings (SSSR count). The van der Waals surface area contributed by atoms with Crippen LogP contribution in [0.15, 0.2) is 22.7 Å². The number of aryl methyl sites for hydroxylation is 2. The highest BCUT2D eigenvalue weighted by Gasteiger charge is 2.18. The van der Waals surface area contributed by atoms with Crippen LogP contribution in [0.3, 0.4) is 0 Å². The Morgan fingerprint density at radius 2 is 2.10 bits per heavy atom. The summed E-state index contributed by atoms with van der Waals surface area (Å²) in [7, 11) is 1.63. The van der Waals surface area contributed by atoms with E-state index in [2.05, 4.69) is 27.0 Å². The lowest BCUT2D eigenvalue weighted by Crippen LogP contribution is -2.05. The standard InChI is InChI=1S/C15H16BrN3O/c1-4-11-13(9-17)19(15(5-2)18-11)12-7-6-10(16)8-14(12)20-3/h6-8H,4-5H2,1-3H3. The number of nitriles is 1. The van der Waals surface area contributed by atoms with Crippen molar-refractivity contribution in [1.82, 2.24) is 9.55 Å². The van der Waals surface area contributed by atoms with Crippen LogP contribution in [0.1, 0.15) is 31.1 Å². The van der Waals surface area contributed by atoms with Crippen molar-refractivity contribution in [1.29, 1.82) is 5.26 Å². The summed E-state index contributed by atoms with van der Waals surface area (Å²) >= 11 is 3.43. The van der Waals surface area contributed by atoms with Crippen molar-refractivity contribution in [2.45, 2.75) is 26.7 Å². The molecule has 2 aromatic rings. The number of methoxy groups -OCH3 is 1. The fourth-order valence-corrected chi connectivity index (χ4v) is 2.55. The Bertz CT molecular complexity index is 670. The molecule has 104 valence electrons. The van der Waals surface area contributed by atoms with Gasteiger partial charge >= 0.3 is 0 Å². The molecule has 1 aromatic carbocycles. The maximum atomic E-state index is 9.46. The van der Waals surface area contributed by atoms with E-state index in [1.807, 2.05) is 36.6 Å². The summed E-state index contributed by atoms with van der Waals surface area (Å²) in [5.74, 6) is 1.59. The van der Waals surface area contributed by atoms with Gasteiger partial charge < -0.3 is 4.74 Å². The first-order chi connectivity index (χ1) is 9.65. The second-order valence-electron chi connectivity index (χ2n) is 4.29. The molecule has 5 heteroatoms. The van der Waals surface area contributed by atoms with Crippen LogP contribution in [0.2, 0.25) is 0 Å². The maximum Gasteiger partial charge on any atom is 0.148 e. The molecule has 0 N–H and O–H groups in total. The summed E-state index contributed by atoms with van der Waals surface area (Å²) in [6, 6.07) is 8.03. The number of benzene rings is 1. The van der Waals surface area contributed by atoms with Crippen molar-refractivity contribution in [3.63, 3.8) is 0 Å². The molecule has 0 atom stereocenters. The highest BCUT2D eigenvalue weighted by molar-refractivity contribution is 9.10. The molecule has 0 radical (unpaired) electrons. The summed E-state index contributed by atoms with van der Waals surface area (Å²) < 4.78 is 8.26. The Labute approximate surface area is 127 Å². The quantitative estimate of drug-likeness (QED) is 0.858. The van der Waals surface area contributed by atoms with Gasteiger partial charge in [-0.1, -0.05) is 29.8 Å². The van der Waals surface area contributed by atoms with Gasteiger partial charge in [-0.05, 0) is 24.6 Å². The fraction of sp³-hybridized carbons (Fsp3) is 0.333. The number of nitrogens with zero attached hydrogens (tertiary/aromatic N) is 3. The molecule has 0 spiro atoms. The molecule has 0 saturated heterocycles. The lowest BCUT2D eigenvalue weighted by atomic mass is 10.2. The number of halogens is 1. The topological polar surface area (TPSA) is 50.8 Å². The minimum absolute atomic E-state index is 0.588. The van der Waals surface area contributed by atoms with E-state index < -0.39 is 0 Å². The third-order valence-corrected chi connectivity index (χ3v) is 3.65.